The minimum Gasteiger partial charge on any atom is -0.395 e. The van der Waals surface area contributed by atoms with E-state index in [9.17, 15) is 0 Å². The molecule has 1 heterocycles. The van der Waals surface area contributed by atoms with Crippen molar-refractivity contribution in [3.63, 3.8) is 0 Å². The van der Waals surface area contributed by atoms with Crippen molar-refractivity contribution in [1.29, 1.82) is 0 Å². The quantitative estimate of drug-likeness (QED) is 0.702. The van der Waals surface area contributed by atoms with Crippen LogP contribution < -0.4 is 0 Å². The molecule has 1 aliphatic heterocycles. The van der Waals surface area contributed by atoms with Crippen LogP contribution in [0.1, 0.15) is 32.6 Å². The van der Waals surface area contributed by atoms with Gasteiger partial charge in [-0.25, -0.2) is 0 Å². The number of rotatable bonds is 6. The first-order valence-corrected chi connectivity index (χ1v) is 5.66. The summed E-state index contributed by atoms with van der Waals surface area (Å²) in [6, 6.07) is 0.277. The SMILES string of the molecule is CC(CO)N(C)CCCC1CCCO1. The van der Waals surface area contributed by atoms with Crippen molar-refractivity contribution < 1.29 is 9.84 Å². The molecule has 2 unspecified atom stereocenters. The maximum absolute atomic E-state index is 8.95. The third-order valence-corrected chi connectivity index (χ3v) is 3.08. The topological polar surface area (TPSA) is 32.7 Å². The zero-order valence-corrected chi connectivity index (χ0v) is 9.41. The number of aliphatic hydroxyl groups is 1. The number of nitrogens with zero attached hydrogens (tertiary/aromatic N) is 1. The zero-order valence-electron chi connectivity index (χ0n) is 9.41. The van der Waals surface area contributed by atoms with E-state index >= 15 is 0 Å². The van der Waals surface area contributed by atoms with Crippen LogP contribution in [0.5, 0.6) is 0 Å². The summed E-state index contributed by atoms with van der Waals surface area (Å²) >= 11 is 0. The Bertz CT molecular complexity index is 146. The number of ether oxygens (including phenoxy) is 1. The fraction of sp³-hybridized carbons (Fsp3) is 1.00. The van der Waals surface area contributed by atoms with Gasteiger partial charge in [-0.1, -0.05) is 0 Å². The van der Waals surface area contributed by atoms with Gasteiger partial charge in [-0.3, -0.25) is 0 Å². The van der Waals surface area contributed by atoms with Crippen LogP contribution in [0.25, 0.3) is 0 Å². The maximum atomic E-state index is 8.95. The van der Waals surface area contributed by atoms with Crippen molar-refractivity contribution in [2.24, 2.45) is 0 Å². The standard InChI is InChI=1S/C11H23NO2/c1-10(9-13)12(2)7-3-5-11-6-4-8-14-11/h10-11,13H,3-9H2,1-2H3. The average molecular weight is 201 g/mol. The first-order valence-electron chi connectivity index (χ1n) is 5.66. The molecule has 0 aromatic carbocycles. The summed E-state index contributed by atoms with van der Waals surface area (Å²) in [5, 5.41) is 8.95. The zero-order chi connectivity index (χ0) is 10.4. The first kappa shape index (κ1) is 12.0. The van der Waals surface area contributed by atoms with Gasteiger partial charge in [0.15, 0.2) is 0 Å². The van der Waals surface area contributed by atoms with Gasteiger partial charge in [0, 0.05) is 12.6 Å². The van der Waals surface area contributed by atoms with Crippen LogP contribution in [0.4, 0.5) is 0 Å². The van der Waals surface area contributed by atoms with Gasteiger partial charge >= 0.3 is 0 Å². The smallest absolute Gasteiger partial charge is 0.0584 e. The molecule has 3 nitrogen and oxygen atoms in total. The fourth-order valence-corrected chi connectivity index (χ4v) is 1.80. The summed E-state index contributed by atoms with van der Waals surface area (Å²) in [4.78, 5) is 2.20. The minimum atomic E-state index is 0.246. The molecule has 1 rings (SSSR count). The van der Waals surface area contributed by atoms with E-state index in [1.165, 1.54) is 25.7 Å². The summed E-state index contributed by atoms with van der Waals surface area (Å²) < 4.78 is 5.55. The Kier molecular flexibility index (Phi) is 5.45. The first-order chi connectivity index (χ1) is 6.74. The van der Waals surface area contributed by atoms with Crippen LogP contribution in [-0.2, 0) is 4.74 Å². The molecular formula is C11H23NO2. The monoisotopic (exact) mass is 201 g/mol. The van der Waals surface area contributed by atoms with Crippen LogP contribution in [-0.4, -0.2) is 49.0 Å². The summed E-state index contributed by atoms with van der Waals surface area (Å²) in [7, 11) is 2.07. The Morgan fingerprint density at radius 3 is 2.93 bits per heavy atom. The maximum Gasteiger partial charge on any atom is 0.0584 e. The van der Waals surface area contributed by atoms with E-state index in [0.717, 1.165) is 13.2 Å². The lowest BCUT2D eigenvalue weighted by Gasteiger charge is -2.23. The largest absolute Gasteiger partial charge is 0.395 e. The highest BCUT2D eigenvalue weighted by molar-refractivity contribution is 4.67. The number of hydrogen-bond donors (Lipinski definition) is 1. The fourth-order valence-electron chi connectivity index (χ4n) is 1.80. The molecule has 3 heteroatoms. The Labute approximate surface area is 87.1 Å². The minimum absolute atomic E-state index is 0.246. The van der Waals surface area contributed by atoms with Crippen LogP contribution in [0, 0.1) is 0 Å². The Morgan fingerprint density at radius 1 is 1.57 bits per heavy atom. The Balaban J connectivity index is 2.02. The van der Waals surface area contributed by atoms with Gasteiger partial charge in [0.2, 0.25) is 0 Å². The third-order valence-electron chi connectivity index (χ3n) is 3.08. The third kappa shape index (κ3) is 3.95. The van der Waals surface area contributed by atoms with E-state index in [1.54, 1.807) is 0 Å². The van der Waals surface area contributed by atoms with Crippen molar-refractivity contribution in [1.82, 2.24) is 4.90 Å². The molecule has 0 amide bonds. The van der Waals surface area contributed by atoms with Crippen molar-refractivity contribution >= 4 is 0 Å². The molecule has 0 aliphatic carbocycles. The second kappa shape index (κ2) is 6.38. The lowest BCUT2D eigenvalue weighted by Crippen LogP contribution is -2.33. The van der Waals surface area contributed by atoms with E-state index in [1.807, 2.05) is 6.92 Å². The highest BCUT2D eigenvalue weighted by atomic mass is 16.5. The Hall–Kier alpha value is -0.120. The van der Waals surface area contributed by atoms with Gasteiger partial charge in [-0.05, 0) is 46.2 Å². The summed E-state index contributed by atoms with van der Waals surface area (Å²) in [5.41, 5.74) is 0. The molecule has 0 radical (unpaired) electrons. The molecule has 0 saturated carbocycles. The lowest BCUT2D eigenvalue weighted by molar-refractivity contribution is 0.0953. The lowest BCUT2D eigenvalue weighted by atomic mass is 10.1. The van der Waals surface area contributed by atoms with E-state index in [4.69, 9.17) is 9.84 Å². The number of likely N-dealkylation sites (N-methyl/N-ethyl adjacent to an activating group) is 1. The molecule has 14 heavy (non-hydrogen) atoms. The molecule has 1 saturated heterocycles. The van der Waals surface area contributed by atoms with E-state index in [2.05, 4.69) is 11.9 Å². The van der Waals surface area contributed by atoms with Crippen molar-refractivity contribution in [2.45, 2.75) is 44.8 Å². The van der Waals surface area contributed by atoms with Gasteiger partial charge < -0.3 is 14.7 Å². The van der Waals surface area contributed by atoms with Crippen molar-refractivity contribution in [2.75, 3.05) is 26.8 Å². The molecule has 84 valence electrons. The Morgan fingerprint density at radius 2 is 2.36 bits per heavy atom. The molecular weight excluding hydrogens is 178 g/mol. The van der Waals surface area contributed by atoms with E-state index in [-0.39, 0.29) is 12.6 Å². The molecule has 0 bridgehead atoms. The van der Waals surface area contributed by atoms with Crippen LogP contribution in [0.3, 0.4) is 0 Å². The highest BCUT2D eigenvalue weighted by Gasteiger charge is 2.15. The normalized spacial score (nSPS) is 24.4. The second-order valence-corrected chi connectivity index (χ2v) is 4.29. The summed E-state index contributed by atoms with van der Waals surface area (Å²) in [6.07, 6.45) is 5.31. The van der Waals surface area contributed by atoms with Gasteiger partial charge in [0.25, 0.3) is 0 Å². The summed E-state index contributed by atoms with van der Waals surface area (Å²) in [6.45, 7) is 4.30. The predicted octanol–water partition coefficient (Wildman–Crippen LogP) is 1.26. The van der Waals surface area contributed by atoms with Crippen LogP contribution in [0.2, 0.25) is 0 Å². The van der Waals surface area contributed by atoms with Crippen molar-refractivity contribution in [3.05, 3.63) is 0 Å². The number of aliphatic hydroxyl groups excluding tert-OH is 1. The van der Waals surface area contributed by atoms with Gasteiger partial charge in [-0.15, -0.1) is 0 Å². The molecule has 0 spiro atoms. The molecule has 1 aliphatic rings. The molecule has 0 aromatic rings. The highest BCUT2D eigenvalue weighted by Crippen LogP contribution is 2.16. The van der Waals surface area contributed by atoms with Crippen molar-refractivity contribution in [3.8, 4) is 0 Å². The molecule has 2 atom stereocenters. The van der Waals surface area contributed by atoms with E-state index in [0.29, 0.717) is 6.10 Å². The van der Waals surface area contributed by atoms with Gasteiger partial charge in [0.05, 0.1) is 12.7 Å². The van der Waals surface area contributed by atoms with Crippen LogP contribution in [0.15, 0.2) is 0 Å². The number of hydrogen-bond acceptors (Lipinski definition) is 3. The van der Waals surface area contributed by atoms with E-state index < -0.39 is 0 Å². The van der Waals surface area contributed by atoms with Gasteiger partial charge in [-0.2, -0.15) is 0 Å². The predicted molar refractivity (Wildman–Crippen MR) is 57.4 cm³/mol. The molecule has 1 fully saturated rings. The average Bonchev–Trinajstić information content (AvgIpc) is 2.69. The molecule has 0 aromatic heterocycles. The van der Waals surface area contributed by atoms with Crippen LogP contribution >= 0.6 is 0 Å². The summed E-state index contributed by atoms with van der Waals surface area (Å²) in [5.74, 6) is 0. The second-order valence-electron chi connectivity index (χ2n) is 4.29. The van der Waals surface area contributed by atoms with Gasteiger partial charge in [0.1, 0.15) is 0 Å². The molecule has 1 N–H and O–H groups in total.